The van der Waals surface area contributed by atoms with Gasteiger partial charge in [0.05, 0.1) is 14.2 Å². The third-order valence-corrected chi connectivity index (χ3v) is 3.29. The molecule has 0 saturated carbocycles. The molecule has 2 aromatic carbocycles. The minimum absolute atomic E-state index is 0.228. The molecule has 0 aliphatic carbocycles. The number of phenols is 1. The number of nitrogens with one attached hydrogen (secondary N) is 1. The van der Waals surface area contributed by atoms with Gasteiger partial charge in [-0.1, -0.05) is 18.2 Å². The number of amides is 1. The highest BCUT2D eigenvalue weighted by Crippen LogP contribution is 2.27. The molecule has 1 amide bonds. The quantitative estimate of drug-likeness (QED) is 0.859. The van der Waals surface area contributed by atoms with Crippen molar-refractivity contribution in [2.24, 2.45) is 0 Å². The van der Waals surface area contributed by atoms with Gasteiger partial charge >= 0.3 is 0 Å². The van der Waals surface area contributed by atoms with Crippen LogP contribution < -0.4 is 14.8 Å². The van der Waals surface area contributed by atoms with Crippen molar-refractivity contribution in [3.8, 4) is 17.2 Å². The minimum atomic E-state index is -0.243. The predicted octanol–water partition coefficient (Wildman–Crippen LogP) is 2.38. The number of ether oxygens (including phenoxy) is 2. The molecule has 0 heterocycles. The van der Waals surface area contributed by atoms with Gasteiger partial charge < -0.3 is 19.9 Å². The average molecular weight is 301 g/mol. The van der Waals surface area contributed by atoms with Crippen LogP contribution in [0.15, 0.2) is 42.5 Å². The average Bonchev–Trinajstić information content (AvgIpc) is 2.55. The highest BCUT2D eigenvalue weighted by Gasteiger charge is 2.17. The fourth-order valence-corrected chi connectivity index (χ4v) is 2.15. The largest absolute Gasteiger partial charge is 0.508 e. The van der Waals surface area contributed by atoms with Gasteiger partial charge in [-0.2, -0.15) is 0 Å². The zero-order chi connectivity index (χ0) is 15.9. The van der Waals surface area contributed by atoms with Crippen LogP contribution >= 0.6 is 0 Å². The summed E-state index contributed by atoms with van der Waals surface area (Å²) < 4.78 is 10.4. The second kappa shape index (κ2) is 7.36. The molecule has 0 radical (unpaired) electrons. The van der Waals surface area contributed by atoms with Crippen molar-refractivity contribution in [2.75, 3.05) is 20.8 Å². The Bertz CT molecular complexity index is 615. The molecule has 2 rings (SSSR count). The normalized spacial score (nSPS) is 10.1. The monoisotopic (exact) mass is 301 g/mol. The smallest absolute Gasteiger partial charge is 0.258 e. The highest BCUT2D eigenvalue weighted by atomic mass is 16.5. The van der Waals surface area contributed by atoms with E-state index >= 15 is 0 Å². The Hall–Kier alpha value is -2.69. The molecular formula is C17H19NO4. The Morgan fingerprint density at radius 1 is 1.05 bits per heavy atom. The van der Waals surface area contributed by atoms with Crippen molar-refractivity contribution in [3.05, 3.63) is 53.6 Å². The summed E-state index contributed by atoms with van der Waals surface area (Å²) in [6, 6.07) is 12.1. The summed E-state index contributed by atoms with van der Waals surface area (Å²) >= 11 is 0. The first-order valence-electron chi connectivity index (χ1n) is 6.92. The van der Waals surface area contributed by atoms with Crippen LogP contribution in [0.4, 0.5) is 0 Å². The third-order valence-electron chi connectivity index (χ3n) is 3.29. The topological polar surface area (TPSA) is 67.8 Å². The second-order valence-corrected chi connectivity index (χ2v) is 4.71. The molecule has 0 aromatic heterocycles. The van der Waals surface area contributed by atoms with Crippen molar-refractivity contribution in [1.82, 2.24) is 5.32 Å². The Balaban J connectivity index is 2.02. The molecule has 0 unspecified atom stereocenters. The number of hydrogen-bond acceptors (Lipinski definition) is 4. The van der Waals surface area contributed by atoms with E-state index in [0.29, 0.717) is 30.0 Å². The molecular weight excluding hydrogens is 282 g/mol. The van der Waals surface area contributed by atoms with Gasteiger partial charge in [0.25, 0.3) is 5.91 Å². The number of carbonyl (C=O) groups is 1. The minimum Gasteiger partial charge on any atom is -0.508 e. The van der Waals surface area contributed by atoms with Crippen LogP contribution in [0, 0.1) is 0 Å². The predicted molar refractivity (Wildman–Crippen MR) is 83.7 cm³/mol. The molecule has 0 fully saturated rings. The van der Waals surface area contributed by atoms with Gasteiger partial charge in [0.15, 0.2) is 0 Å². The SMILES string of the molecule is COc1cccc(OC)c1C(=O)NCCc1ccc(O)cc1. The van der Waals surface area contributed by atoms with E-state index in [2.05, 4.69) is 5.32 Å². The van der Waals surface area contributed by atoms with Crippen LogP contribution in [0.25, 0.3) is 0 Å². The molecule has 0 bridgehead atoms. The van der Waals surface area contributed by atoms with Crippen molar-refractivity contribution >= 4 is 5.91 Å². The summed E-state index contributed by atoms with van der Waals surface area (Å²) in [5.74, 6) is 0.933. The third kappa shape index (κ3) is 3.69. The van der Waals surface area contributed by atoms with E-state index in [0.717, 1.165) is 5.56 Å². The Morgan fingerprint density at radius 2 is 1.64 bits per heavy atom. The van der Waals surface area contributed by atoms with E-state index in [1.165, 1.54) is 14.2 Å². The van der Waals surface area contributed by atoms with E-state index < -0.39 is 0 Å². The number of aromatic hydroxyl groups is 1. The van der Waals surface area contributed by atoms with Crippen molar-refractivity contribution < 1.29 is 19.4 Å². The molecule has 0 aliphatic rings. The Kier molecular flexibility index (Phi) is 5.25. The summed E-state index contributed by atoms with van der Waals surface area (Å²) in [5, 5.41) is 12.1. The van der Waals surface area contributed by atoms with Gasteiger partial charge in [0, 0.05) is 6.54 Å². The first-order valence-corrected chi connectivity index (χ1v) is 6.92. The highest BCUT2D eigenvalue weighted by molar-refractivity contribution is 5.99. The fourth-order valence-electron chi connectivity index (χ4n) is 2.15. The number of rotatable bonds is 6. The van der Waals surface area contributed by atoms with Crippen LogP contribution in [-0.4, -0.2) is 31.8 Å². The molecule has 0 aliphatic heterocycles. The summed E-state index contributed by atoms with van der Waals surface area (Å²) in [5.41, 5.74) is 1.42. The Morgan fingerprint density at radius 3 is 2.18 bits per heavy atom. The van der Waals surface area contributed by atoms with Gasteiger partial charge in [-0.05, 0) is 36.2 Å². The number of hydrogen-bond donors (Lipinski definition) is 2. The number of benzene rings is 2. The molecule has 116 valence electrons. The molecule has 5 nitrogen and oxygen atoms in total. The molecule has 0 spiro atoms. The molecule has 0 atom stereocenters. The van der Waals surface area contributed by atoms with E-state index in [1.54, 1.807) is 30.3 Å². The molecule has 22 heavy (non-hydrogen) atoms. The fraction of sp³-hybridized carbons (Fsp3) is 0.235. The Labute approximate surface area is 129 Å². The molecule has 0 saturated heterocycles. The summed E-state index contributed by atoms with van der Waals surface area (Å²) in [7, 11) is 3.03. The van der Waals surface area contributed by atoms with Crippen molar-refractivity contribution in [1.29, 1.82) is 0 Å². The maximum atomic E-state index is 12.3. The first kappa shape index (κ1) is 15.7. The van der Waals surface area contributed by atoms with Gasteiger partial charge in [0.1, 0.15) is 22.8 Å². The van der Waals surface area contributed by atoms with E-state index in [-0.39, 0.29) is 11.7 Å². The van der Waals surface area contributed by atoms with Gasteiger partial charge in [-0.25, -0.2) is 0 Å². The van der Waals surface area contributed by atoms with Crippen molar-refractivity contribution in [3.63, 3.8) is 0 Å². The van der Waals surface area contributed by atoms with E-state index in [4.69, 9.17) is 9.47 Å². The van der Waals surface area contributed by atoms with Crippen LogP contribution in [-0.2, 0) is 6.42 Å². The maximum absolute atomic E-state index is 12.3. The lowest BCUT2D eigenvalue weighted by atomic mass is 10.1. The number of carbonyl (C=O) groups excluding carboxylic acids is 1. The van der Waals surface area contributed by atoms with Crippen LogP contribution in [0.1, 0.15) is 15.9 Å². The molecule has 2 aromatic rings. The van der Waals surface area contributed by atoms with Gasteiger partial charge in [-0.15, -0.1) is 0 Å². The lowest BCUT2D eigenvalue weighted by molar-refractivity contribution is 0.0948. The molecule has 2 N–H and O–H groups in total. The number of phenolic OH excluding ortho intramolecular Hbond substituents is 1. The van der Waals surface area contributed by atoms with E-state index in [1.807, 2.05) is 12.1 Å². The second-order valence-electron chi connectivity index (χ2n) is 4.71. The maximum Gasteiger partial charge on any atom is 0.258 e. The summed E-state index contributed by atoms with van der Waals surface area (Å²) in [6.45, 7) is 0.477. The van der Waals surface area contributed by atoms with Crippen LogP contribution in [0.2, 0.25) is 0 Å². The zero-order valence-electron chi connectivity index (χ0n) is 12.6. The first-order chi connectivity index (χ1) is 10.7. The van der Waals surface area contributed by atoms with Crippen LogP contribution in [0.3, 0.4) is 0 Å². The standard InChI is InChI=1S/C17H19NO4/c1-21-14-4-3-5-15(22-2)16(14)17(20)18-11-10-12-6-8-13(19)9-7-12/h3-9,19H,10-11H2,1-2H3,(H,18,20). The molecule has 5 heteroatoms. The lowest BCUT2D eigenvalue weighted by Crippen LogP contribution is -2.26. The summed E-state index contributed by atoms with van der Waals surface area (Å²) in [6.07, 6.45) is 0.670. The number of methoxy groups -OCH3 is 2. The van der Waals surface area contributed by atoms with Gasteiger partial charge in [-0.3, -0.25) is 4.79 Å². The van der Waals surface area contributed by atoms with E-state index in [9.17, 15) is 9.90 Å². The zero-order valence-corrected chi connectivity index (χ0v) is 12.6. The van der Waals surface area contributed by atoms with Crippen molar-refractivity contribution in [2.45, 2.75) is 6.42 Å². The van der Waals surface area contributed by atoms with Crippen LogP contribution in [0.5, 0.6) is 17.2 Å². The lowest BCUT2D eigenvalue weighted by Gasteiger charge is -2.13. The summed E-state index contributed by atoms with van der Waals surface area (Å²) in [4.78, 5) is 12.3. The van der Waals surface area contributed by atoms with Gasteiger partial charge in [0.2, 0.25) is 0 Å².